The van der Waals surface area contributed by atoms with E-state index in [2.05, 4.69) is 64.5 Å². The number of halogens is 1. The molecular weight excluding hydrogens is 299 g/mol. The summed E-state index contributed by atoms with van der Waals surface area (Å²) < 4.78 is 3.95. The van der Waals surface area contributed by atoms with Gasteiger partial charge in [-0.1, -0.05) is 40.2 Å². The van der Waals surface area contributed by atoms with Gasteiger partial charge in [-0.05, 0) is 38.0 Å². The first kappa shape index (κ1) is 10.5. The summed E-state index contributed by atoms with van der Waals surface area (Å²) >= 11 is 5.35. The fraction of sp³-hybridized carbons (Fsp3) is 0. The van der Waals surface area contributed by atoms with Gasteiger partial charge in [0, 0.05) is 14.3 Å². The second kappa shape index (κ2) is 4.29. The topological polar surface area (TPSA) is 0 Å². The van der Waals surface area contributed by atoms with Gasteiger partial charge in [-0.25, -0.2) is 0 Å². The first-order valence-corrected chi connectivity index (χ1v) is 7.45. The molecule has 0 spiro atoms. The highest BCUT2D eigenvalue weighted by atomic mass is 79.9. The molecule has 0 aliphatic carbocycles. The number of hydrogen-bond donors (Lipinski definition) is 0. The summed E-state index contributed by atoms with van der Waals surface area (Å²) in [6.45, 7) is 0. The Labute approximate surface area is 108 Å². The van der Waals surface area contributed by atoms with Crippen molar-refractivity contribution in [2.24, 2.45) is 0 Å². The van der Waals surface area contributed by atoms with Crippen molar-refractivity contribution in [3.8, 4) is 10.2 Å². The minimum atomic E-state index is 1.13. The lowest BCUT2D eigenvalue weighted by molar-refractivity contribution is 1.66. The second-order valence-electron chi connectivity index (χ2n) is 3.49. The van der Waals surface area contributed by atoms with Crippen LogP contribution in [0.1, 0.15) is 0 Å². The van der Waals surface area contributed by atoms with Gasteiger partial charge in [0.15, 0.2) is 0 Å². The standard InChI is InChI=1S/C13H8BrPS/c14-10-7-5-9(6-8-10)13-15-11-3-1-2-4-12(11)16-13/h1-8H. The molecule has 0 atom stereocenters. The highest BCUT2D eigenvalue weighted by Crippen LogP contribution is 2.42. The summed E-state index contributed by atoms with van der Waals surface area (Å²) in [5, 5.41) is 1.42. The van der Waals surface area contributed by atoms with Gasteiger partial charge in [-0.3, -0.25) is 0 Å². The van der Waals surface area contributed by atoms with Crippen LogP contribution < -0.4 is 0 Å². The fourth-order valence-corrected chi connectivity index (χ4v) is 4.52. The summed E-state index contributed by atoms with van der Waals surface area (Å²) in [6.07, 6.45) is 0. The van der Waals surface area contributed by atoms with Crippen molar-refractivity contribution in [1.29, 1.82) is 0 Å². The minimum absolute atomic E-state index is 1.13. The van der Waals surface area contributed by atoms with Crippen molar-refractivity contribution >= 4 is 45.3 Å². The van der Waals surface area contributed by atoms with Crippen LogP contribution in [-0.2, 0) is 0 Å². The van der Waals surface area contributed by atoms with Crippen LogP contribution >= 0.6 is 35.5 Å². The molecule has 0 amide bonds. The Hall–Kier alpha value is -0.690. The molecule has 0 N–H and O–H groups in total. The van der Waals surface area contributed by atoms with Gasteiger partial charge in [0.05, 0.1) is 4.61 Å². The Bertz CT molecular complexity index is 595. The predicted octanol–water partition coefficient (Wildman–Crippen LogP) is 5.91. The molecule has 0 aliphatic rings. The normalized spacial score (nSPS) is 11.3. The monoisotopic (exact) mass is 306 g/mol. The van der Waals surface area contributed by atoms with E-state index in [9.17, 15) is 0 Å². The molecule has 0 aliphatic heterocycles. The molecule has 0 saturated heterocycles. The highest BCUT2D eigenvalue weighted by molar-refractivity contribution is 9.10. The Morgan fingerprint density at radius 1 is 0.938 bits per heavy atom. The van der Waals surface area contributed by atoms with Gasteiger partial charge in [0.25, 0.3) is 0 Å². The van der Waals surface area contributed by atoms with Crippen LogP contribution in [0.5, 0.6) is 0 Å². The average molecular weight is 307 g/mol. The van der Waals surface area contributed by atoms with Gasteiger partial charge in [-0.2, -0.15) is 0 Å². The van der Waals surface area contributed by atoms with Crippen molar-refractivity contribution in [2.45, 2.75) is 0 Å². The van der Waals surface area contributed by atoms with Gasteiger partial charge >= 0.3 is 0 Å². The minimum Gasteiger partial charge on any atom is -0.130 e. The van der Waals surface area contributed by atoms with E-state index in [-0.39, 0.29) is 0 Å². The van der Waals surface area contributed by atoms with E-state index in [1.54, 1.807) is 0 Å². The zero-order chi connectivity index (χ0) is 11.0. The van der Waals surface area contributed by atoms with Crippen LogP contribution in [0.2, 0.25) is 0 Å². The number of hydrogen-bond acceptors (Lipinski definition) is 1. The van der Waals surface area contributed by atoms with Gasteiger partial charge in [0.1, 0.15) is 0 Å². The molecule has 0 nitrogen and oxygen atoms in total. The molecule has 2 aromatic carbocycles. The van der Waals surface area contributed by atoms with E-state index in [1.807, 2.05) is 11.3 Å². The maximum absolute atomic E-state index is 3.46. The summed E-state index contributed by atoms with van der Waals surface area (Å²) in [5.41, 5.74) is 1.33. The van der Waals surface area contributed by atoms with Crippen molar-refractivity contribution in [1.82, 2.24) is 0 Å². The summed E-state index contributed by atoms with van der Waals surface area (Å²) in [5.74, 6) is 0. The van der Waals surface area contributed by atoms with E-state index >= 15 is 0 Å². The van der Waals surface area contributed by atoms with E-state index in [4.69, 9.17) is 0 Å². The van der Waals surface area contributed by atoms with Crippen molar-refractivity contribution in [3.05, 3.63) is 53.0 Å². The van der Waals surface area contributed by atoms with Gasteiger partial charge < -0.3 is 0 Å². The molecule has 0 unspecified atom stereocenters. The van der Waals surface area contributed by atoms with Crippen LogP contribution in [0.3, 0.4) is 0 Å². The Morgan fingerprint density at radius 2 is 1.69 bits per heavy atom. The lowest BCUT2D eigenvalue weighted by Gasteiger charge is -1.95. The van der Waals surface area contributed by atoms with Crippen LogP contribution in [0.25, 0.3) is 20.0 Å². The molecule has 1 aromatic heterocycles. The van der Waals surface area contributed by atoms with Crippen molar-refractivity contribution in [3.63, 3.8) is 0 Å². The largest absolute Gasteiger partial charge is 0.130 e. The Balaban J connectivity index is 2.15. The molecule has 0 bridgehead atoms. The van der Waals surface area contributed by atoms with Crippen LogP contribution in [0.4, 0.5) is 0 Å². The Morgan fingerprint density at radius 3 is 2.44 bits per heavy atom. The fourth-order valence-electron chi connectivity index (χ4n) is 1.59. The summed E-state index contributed by atoms with van der Waals surface area (Å²) in [6, 6.07) is 17.1. The first-order chi connectivity index (χ1) is 7.83. The number of rotatable bonds is 1. The number of benzene rings is 2. The molecule has 78 valence electrons. The molecule has 3 rings (SSSR count). The third-order valence-electron chi connectivity index (χ3n) is 2.39. The molecule has 3 heteroatoms. The Kier molecular flexibility index (Phi) is 2.81. The zero-order valence-electron chi connectivity index (χ0n) is 8.35. The molecule has 1 heterocycles. The smallest absolute Gasteiger partial charge is 0.0625 e. The second-order valence-corrected chi connectivity index (χ2v) is 6.92. The lowest BCUT2D eigenvalue weighted by Crippen LogP contribution is -1.68. The molecule has 0 radical (unpaired) electrons. The highest BCUT2D eigenvalue weighted by Gasteiger charge is 2.03. The average Bonchev–Trinajstić information content (AvgIpc) is 2.73. The summed E-state index contributed by atoms with van der Waals surface area (Å²) in [7, 11) is 1.33. The third kappa shape index (κ3) is 1.93. The molecule has 0 fully saturated rings. The first-order valence-electron chi connectivity index (χ1n) is 4.94. The van der Waals surface area contributed by atoms with E-state index in [0.29, 0.717) is 0 Å². The molecular formula is C13H8BrPS. The van der Waals surface area contributed by atoms with E-state index < -0.39 is 0 Å². The zero-order valence-corrected chi connectivity index (χ0v) is 11.6. The quantitative estimate of drug-likeness (QED) is 0.524. The number of fused-ring (bicyclic) bond motifs is 1. The van der Waals surface area contributed by atoms with Gasteiger partial charge in [-0.15, -0.1) is 11.3 Å². The maximum atomic E-state index is 3.46. The van der Waals surface area contributed by atoms with E-state index in [1.165, 1.54) is 28.2 Å². The maximum Gasteiger partial charge on any atom is 0.0625 e. The van der Waals surface area contributed by atoms with Crippen molar-refractivity contribution < 1.29 is 0 Å². The molecule has 0 saturated carbocycles. The molecule has 16 heavy (non-hydrogen) atoms. The van der Waals surface area contributed by atoms with Gasteiger partial charge in [0.2, 0.25) is 0 Å². The SMILES string of the molecule is Brc1ccc(-c2pc3ccccc3s2)cc1. The van der Waals surface area contributed by atoms with Crippen LogP contribution in [0.15, 0.2) is 53.0 Å². The van der Waals surface area contributed by atoms with Crippen LogP contribution in [0, 0.1) is 0 Å². The molecule has 3 aromatic rings. The van der Waals surface area contributed by atoms with E-state index in [0.717, 1.165) is 4.47 Å². The third-order valence-corrected chi connectivity index (χ3v) is 5.71. The van der Waals surface area contributed by atoms with Crippen LogP contribution in [-0.4, -0.2) is 0 Å². The lowest BCUT2D eigenvalue weighted by atomic mass is 10.2. The predicted molar refractivity (Wildman–Crippen MR) is 77.5 cm³/mol. The summed E-state index contributed by atoms with van der Waals surface area (Å²) in [4.78, 5) is 0. The van der Waals surface area contributed by atoms with Crippen molar-refractivity contribution in [2.75, 3.05) is 0 Å².